The maximum Gasteiger partial charge on any atom is 0.335 e. The average Bonchev–Trinajstić information content (AvgIpc) is 3.28. The molecule has 8 nitrogen and oxygen atoms in total. The van der Waals surface area contributed by atoms with Gasteiger partial charge < -0.3 is 20.1 Å². The third kappa shape index (κ3) is 6.50. The number of imidazole rings is 1. The fraction of sp³-hybridized carbons (Fsp3) is 0.188. The molecule has 0 amide bonds. The lowest BCUT2D eigenvalue weighted by Crippen LogP contribution is -2.37. The number of carbonyl (C=O) groups is 1. The van der Waals surface area contributed by atoms with Gasteiger partial charge in [-0.3, -0.25) is 0 Å². The minimum Gasteiger partial charge on any atom is -0.478 e. The molecule has 0 radical (unpaired) electrons. The Balaban J connectivity index is 1.43. The quantitative estimate of drug-likeness (QED) is 0.217. The number of nitriles is 1. The highest BCUT2D eigenvalue weighted by Gasteiger charge is 2.21. The highest BCUT2D eigenvalue weighted by Crippen LogP contribution is 2.29. The number of carboxylic acids is 1. The number of rotatable bonds is 9. The maximum atomic E-state index is 15.4. The summed E-state index contributed by atoms with van der Waals surface area (Å²) in [5, 5.41) is 18.3. The molecule has 0 fully saturated rings. The zero-order valence-electron chi connectivity index (χ0n) is 23.2. The van der Waals surface area contributed by atoms with E-state index in [0.29, 0.717) is 16.9 Å². The van der Waals surface area contributed by atoms with Crippen molar-refractivity contribution in [1.82, 2.24) is 14.5 Å². The van der Waals surface area contributed by atoms with Crippen molar-refractivity contribution >= 4 is 17.0 Å². The molecule has 3 N–H and O–H groups in total. The smallest absolute Gasteiger partial charge is 0.335 e. The van der Waals surface area contributed by atoms with Crippen molar-refractivity contribution in [2.24, 2.45) is 5.73 Å². The van der Waals surface area contributed by atoms with Gasteiger partial charge in [-0.15, -0.1) is 0 Å². The van der Waals surface area contributed by atoms with E-state index >= 15 is 8.78 Å². The molecule has 0 aliphatic heterocycles. The lowest BCUT2D eigenvalue weighted by molar-refractivity contribution is 0.0697. The van der Waals surface area contributed by atoms with Crippen molar-refractivity contribution in [3.63, 3.8) is 0 Å². The highest BCUT2D eigenvalue weighted by atomic mass is 19.1. The molecule has 0 bridgehead atoms. The van der Waals surface area contributed by atoms with E-state index in [-0.39, 0.29) is 59.0 Å². The monoisotopic (exact) mass is 585 g/mol. The fourth-order valence-electron chi connectivity index (χ4n) is 4.65. The van der Waals surface area contributed by atoms with Crippen molar-refractivity contribution in [2.75, 3.05) is 0 Å². The van der Waals surface area contributed by atoms with E-state index < -0.39 is 29.0 Å². The fourth-order valence-corrected chi connectivity index (χ4v) is 4.65. The number of ether oxygens (including phenoxy) is 1. The van der Waals surface area contributed by atoms with Crippen molar-refractivity contribution in [1.29, 1.82) is 5.26 Å². The number of nitrogens with zero attached hydrogens (tertiary/aromatic N) is 4. The van der Waals surface area contributed by atoms with Gasteiger partial charge in [0.25, 0.3) is 0 Å². The number of hydrogen-bond acceptors (Lipinski definition) is 6. The van der Waals surface area contributed by atoms with Gasteiger partial charge in [-0.25, -0.2) is 27.9 Å². The van der Waals surface area contributed by atoms with Crippen LogP contribution >= 0.6 is 0 Å². The van der Waals surface area contributed by atoms with Crippen LogP contribution in [-0.2, 0) is 19.6 Å². The molecule has 218 valence electrons. The molecule has 2 aromatic heterocycles. The lowest BCUT2D eigenvalue weighted by atomic mass is 10.0. The third-order valence-electron chi connectivity index (χ3n) is 6.68. The first-order valence-corrected chi connectivity index (χ1v) is 13.2. The van der Waals surface area contributed by atoms with Gasteiger partial charge in [-0.2, -0.15) is 5.26 Å². The van der Waals surface area contributed by atoms with E-state index in [1.54, 1.807) is 30.5 Å². The Morgan fingerprint density at radius 1 is 1.00 bits per heavy atom. The Morgan fingerprint density at radius 3 is 2.47 bits per heavy atom. The summed E-state index contributed by atoms with van der Waals surface area (Å²) in [5.74, 6) is -2.66. The Hall–Kier alpha value is -5.21. The number of fused-ring (bicyclic) bond motifs is 1. The zero-order valence-corrected chi connectivity index (χ0v) is 23.2. The summed E-state index contributed by atoms with van der Waals surface area (Å²) in [6.45, 7) is 3.67. The Bertz CT molecular complexity index is 1910. The van der Waals surface area contributed by atoms with E-state index in [9.17, 15) is 14.3 Å². The van der Waals surface area contributed by atoms with Crippen LogP contribution in [0.1, 0.15) is 46.7 Å². The Morgan fingerprint density at radius 2 is 1.77 bits per heavy atom. The number of aromatic nitrogens is 3. The molecule has 0 aliphatic carbocycles. The molecule has 2 heterocycles. The van der Waals surface area contributed by atoms with Gasteiger partial charge in [0, 0.05) is 35.7 Å². The topological polar surface area (TPSA) is 127 Å². The number of carboxylic acid groups (broad SMARTS) is 1. The van der Waals surface area contributed by atoms with Crippen LogP contribution in [0.2, 0.25) is 0 Å². The number of halogens is 3. The van der Waals surface area contributed by atoms with Gasteiger partial charge >= 0.3 is 5.97 Å². The summed E-state index contributed by atoms with van der Waals surface area (Å²) in [4.78, 5) is 20.4. The molecule has 43 heavy (non-hydrogen) atoms. The largest absolute Gasteiger partial charge is 0.478 e. The van der Waals surface area contributed by atoms with Gasteiger partial charge in [-0.1, -0.05) is 12.1 Å². The molecular weight excluding hydrogens is 559 g/mol. The second-order valence-electron chi connectivity index (χ2n) is 10.8. The summed E-state index contributed by atoms with van der Waals surface area (Å²) >= 11 is 0. The second kappa shape index (κ2) is 11.6. The number of pyridine rings is 1. The minimum atomic E-state index is -1.10. The molecule has 0 spiro atoms. The van der Waals surface area contributed by atoms with Crippen molar-refractivity contribution < 1.29 is 27.8 Å². The summed E-state index contributed by atoms with van der Waals surface area (Å²) < 4.78 is 52.4. The highest BCUT2D eigenvalue weighted by molar-refractivity contribution is 5.92. The third-order valence-corrected chi connectivity index (χ3v) is 6.68. The van der Waals surface area contributed by atoms with Gasteiger partial charge in [0.15, 0.2) is 0 Å². The first kappa shape index (κ1) is 29.3. The SMILES string of the molecule is CC(C)(N)Cn1c(Cc2cc(F)c(-c3cccc(OCc4ccc(C#N)cc4F)n3)cc2F)nc2ccc(C(=O)O)cc21. The summed E-state index contributed by atoms with van der Waals surface area (Å²) in [7, 11) is 0. The second-order valence-corrected chi connectivity index (χ2v) is 10.8. The van der Waals surface area contributed by atoms with Crippen LogP contribution in [-0.4, -0.2) is 31.1 Å². The average molecular weight is 586 g/mol. The van der Waals surface area contributed by atoms with Crippen molar-refractivity contribution in [2.45, 2.75) is 39.0 Å². The van der Waals surface area contributed by atoms with Crippen molar-refractivity contribution in [3.8, 4) is 23.2 Å². The molecule has 5 rings (SSSR count). The normalized spacial score (nSPS) is 11.5. The van der Waals surface area contributed by atoms with Gasteiger partial charge in [0.1, 0.15) is 29.9 Å². The van der Waals surface area contributed by atoms with Crippen LogP contribution in [0.15, 0.2) is 66.7 Å². The van der Waals surface area contributed by atoms with Crippen LogP contribution < -0.4 is 10.5 Å². The summed E-state index contributed by atoms with van der Waals surface area (Å²) in [5.41, 5.74) is 7.07. The van der Waals surface area contributed by atoms with Crippen LogP contribution in [0.4, 0.5) is 13.2 Å². The van der Waals surface area contributed by atoms with Crippen LogP contribution in [0.5, 0.6) is 5.88 Å². The Kier molecular flexibility index (Phi) is 7.89. The predicted molar refractivity (Wildman–Crippen MR) is 153 cm³/mol. The molecule has 11 heteroatoms. The van der Waals surface area contributed by atoms with E-state index in [0.717, 1.165) is 18.2 Å². The van der Waals surface area contributed by atoms with Crippen LogP contribution in [0, 0.1) is 28.8 Å². The van der Waals surface area contributed by atoms with Gasteiger partial charge in [0.2, 0.25) is 5.88 Å². The molecule has 5 aromatic rings. The number of nitrogens with two attached hydrogens (primary N) is 1. The molecule has 3 aromatic carbocycles. The standard InChI is InChI=1S/C32H26F3N5O3/c1-32(2,37)17-40-28-12-19(31(41)42)8-9-27(28)38-29(40)13-21-11-25(35)22(14-24(21)34)26-4-3-5-30(39-26)43-16-20-7-6-18(15-36)10-23(20)33/h3-12,14H,13,16-17,37H2,1-2H3,(H,41,42). The first-order valence-electron chi connectivity index (χ1n) is 13.2. The molecule has 0 saturated carbocycles. The molecule has 0 unspecified atom stereocenters. The van der Waals surface area contributed by atoms with Crippen LogP contribution in [0.25, 0.3) is 22.3 Å². The van der Waals surface area contributed by atoms with Crippen LogP contribution in [0.3, 0.4) is 0 Å². The molecule has 0 atom stereocenters. The van der Waals surface area contributed by atoms with E-state index in [2.05, 4.69) is 9.97 Å². The summed E-state index contributed by atoms with van der Waals surface area (Å²) in [6.07, 6.45) is -0.0804. The predicted octanol–water partition coefficient (Wildman–Crippen LogP) is 5.99. The molecule has 0 aliphatic rings. The number of aromatic carboxylic acids is 1. The van der Waals surface area contributed by atoms with Gasteiger partial charge in [0.05, 0.1) is 33.9 Å². The summed E-state index contributed by atoms with van der Waals surface area (Å²) in [6, 6.07) is 17.0. The van der Waals surface area contributed by atoms with E-state index in [1.807, 2.05) is 6.07 Å². The lowest BCUT2D eigenvalue weighted by Gasteiger charge is -2.21. The van der Waals surface area contributed by atoms with E-state index in [4.69, 9.17) is 15.7 Å². The van der Waals surface area contributed by atoms with Crippen molar-refractivity contribution in [3.05, 3.63) is 112 Å². The molecular formula is C32H26F3N5O3. The number of benzene rings is 3. The van der Waals surface area contributed by atoms with Gasteiger partial charge in [-0.05, 0) is 67.9 Å². The van der Waals surface area contributed by atoms with E-state index in [1.165, 1.54) is 36.4 Å². The number of hydrogen-bond donors (Lipinski definition) is 2. The minimum absolute atomic E-state index is 0.0368. The zero-order chi connectivity index (χ0) is 30.9. The first-order chi connectivity index (χ1) is 20.4. The molecule has 0 saturated heterocycles. The maximum absolute atomic E-state index is 15.4. The Labute approximate surface area is 244 Å².